The van der Waals surface area contributed by atoms with Crippen LogP contribution in [0, 0.1) is 5.92 Å². The monoisotopic (exact) mass is 272 g/mol. The van der Waals surface area contributed by atoms with Crippen LogP contribution in [0.4, 0.5) is 0 Å². The van der Waals surface area contributed by atoms with E-state index in [-0.39, 0.29) is 24.1 Å². The van der Waals surface area contributed by atoms with Gasteiger partial charge in [0.1, 0.15) is 0 Å². The van der Waals surface area contributed by atoms with Gasteiger partial charge in [-0.1, -0.05) is 0 Å². The third-order valence-corrected chi connectivity index (χ3v) is 3.38. The van der Waals surface area contributed by atoms with Crippen LogP contribution in [-0.4, -0.2) is 49.8 Å². The van der Waals surface area contributed by atoms with Gasteiger partial charge in [-0.3, -0.25) is 4.79 Å². The van der Waals surface area contributed by atoms with Crippen LogP contribution in [-0.2, 0) is 14.8 Å². The van der Waals surface area contributed by atoms with Gasteiger partial charge in [-0.15, -0.1) is 12.4 Å². The van der Waals surface area contributed by atoms with Crippen molar-refractivity contribution in [3.63, 3.8) is 0 Å². The predicted molar refractivity (Wildman–Crippen MR) is 62.0 cm³/mol. The maximum Gasteiger partial charge on any atom is 0.306 e. The lowest BCUT2D eigenvalue weighted by Crippen LogP contribution is -2.39. The van der Waals surface area contributed by atoms with Gasteiger partial charge in [0, 0.05) is 6.54 Å². The highest BCUT2D eigenvalue weighted by Gasteiger charge is 2.24. The van der Waals surface area contributed by atoms with Crippen molar-refractivity contribution >= 4 is 28.4 Å². The Morgan fingerprint density at radius 3 is 2.25 bits per heavy atom. The minimum absolute atomic E-state index is 0. The number of rotatable bonds is 4. The number of piperidine rings is 1. The lowest BCUT2D eigenvalue weighted by molar-refractivity contribution is -0.143. The largest absolute Gasteiger partial charge is 0.481 e. The molecule has 0 aliphatic carbocycles. The molecule has 0 aromatic carbocycles. The number of carboxylic acid groups (broad SMARTS) is 1. The van der Waals surface area contributed by atoms with Crippen molar-refractivity contribution in [1.82, 2.24) is 4.90 Å². The van der Waals surface area contributed by atoms with Gasteiger partial charge in [-0.05, 0) is 25.9 Å². The Morgan fingerprint density at radius 2 is 1.88 bits per heavy atom. The molecule has 0 amide bonds. The minimum atomic E-state index is -3.41. The fraction of sp³-hybridized carbons (Fsp3) is 0.875. The number of nitrogens with two attached hydrogens (primary N) is 1. The maximum absolute atomic E-state index is 10.7. The molecule has 8 heteroatoms. The molecule has 96 valence electrons. The Hall–Kier alpha value is -0.370. The topological polar surface area (TPSA) is 101 Å². The third-order valence-electron chi connectivity index (χ3n) is 2.63. The molecule has 3 N–H and O–H groups in total. The van der Waals surface area contributed by atoms with E-state index < -0.39 is 16.0 Å². The van der Waals surface area contributed by atoms with E-state index in [9.17, 15) is 13.2 Å². The molecule has 1 fully saturated rings. The molecule has 16 heavy (non-hydrogen) atoms. The van der Waals surface area contributed by atoms with Gasteiger partial charge in [-0.2, -0.15) is 0 Å². The molecule has 0 saturated carbocycles. The number of hydrogen-bond acceptors (Lipinski definition) is 4. The van der Waals surface area contributed by atoms with Crippen molar-refractivity contribution in [3.8, 4) is 0 Å². The number of primary sulfonamides is 1. The molecular weight excluding hydrogens is 256 g/mol. The Kier molecular flexibility index (Phi) is 6.24. The molecule has 1 heterocycles. The van der Waals surface area contributed by atoms with Gasteiger partial charge in [-0.25, -0.2) is 13.6 Å². The van der Waals surface area contributed by atoms with E-state index in [2.05, 4.69) is 0 Å². The van der Waals surface area contributed by atoms with E-state index in [1.165, 1.54) is 0 Å². The number of hydrogen-bond donors (Lipinski definition) is 2. The van der Waals surface area contributed by atoms with E-state index in [0.717, 1.165) is 0 Å². The molecule has 0 atom stereocenters. The summed E-state index contributed by atoms with van der Waals surface area (Å²) in [6.07, 6.45) is 1.17. The smallest absolute Gasteiger partial charge is 0.306 e. The predicted octanol–water partition coefficient (Wildman–Crippen LogP) is -0.507. The van der Waals surface area contributed by atoms with Crippen LogP contribution in [0.15, 0.2) is 0 Å². The first-order valence-corrected chi connectivity index (χ1v) is 6.55. The standard InChI is InChI=1S/C8H16N2O4S.ClH/c9-15(13,14)6-5-10-3-1-7(2-4-10)8(11)12;/h7H,1-6H2,(H,11,12)(H2,9,13,14);1H. The summed E-state index contributed by atoms with van der Waals surface area (Å²) in [6, 6.07) is 0. The molecule has 0 aromatic rings. The van der Waals surface area contributed by atoms with Crippen molar-refractivity contribution in [2.24, 2.45) is 11.1 Å². The van der Waals surface area contributed by atoms with E-state index in [1.807, 2.05) is 4.90 Å². The maximum atomic E-state index is 10.7. The molecule has 1 aliphatic rings. The van der Waals surface area contributed by atoms with Gasteiger partial charge in [0.25, 0.3) is 0 Å². The summed E-state index contributed by atoms with van der Waals surface area (Å²) in [5, 5.41) is 13.6. The summed E-state index contributed by atoms with van der Waals surface area (Å²) < 4.78 is 21.4. The number of likely N-dealkylation sites (tertiary alicyclic amines) is 1. The molecule has 1 aliphatic heterocycles. The van der Waals surface area contributed by atoms with Gasteiger partial charge in [0.2, 0.25) is 10.0 Å². The molecule has 6 nitrogen and oxygen atoms in total. The molecule has 1 saturated heterocycles. The Morgan fingerprint density at radius 1 is 1.38 bits per heavy atom. The van der Waals surface area contributed by atoms with Crippen molar-refractivity contribution < 1.29 is 18.3 Å². The summed E-state index contributed by atoms with van der Waals surface area (Å²) >= 11 is 0. The third kappa shape index (κ3) is 5.64. The van der Waals surface area contributed by atoms with E-state index in [4.69, 9.17) is 10.2 Å². The lowest BCUT2D eigenvalue weighted by atomic mass is 9.97. The molecule has 0 spiro atoms. The second-order valence-corrected chi connectivity index (χ2v) is 5.56. The van der Waals surface area contributed by atoms with Crippen molar-refractivity contribution in [2.75, 3.05) is 25.4 Å². The van der Waals surface area contributed by atoms with Gasteiger partial charge >= 0.3 is 5.97 Å². The zero-order valence-electron chi connectivity index (χ0n) is 8.83. The summed E-state index contributed by atoms with van der Waals surface area (Å²) in [6.45, 7) is 1.66. The average molecular weight is 273 g/mol. The van der Waals surface area contributed by atoms with Gasteiger partial charge in [0.15, 0.2) is 0 Å². The lowest BCUT2D eigenvalue weighted by Gasteiger charge is -2.29. The molecule has 1 rings (SSSR count). The highest BCUT2D eigenvalue weighted by atomic mass is 35.5. The molecule has 0 radical (unpaired) electrons. The molecule has 0 aromatic heterocycles. The van der Waals surface area contributed by atoms with Crippen LogP contribution in [0.5, 0.6) is 0 Å². The summed E-state index contributed by atoms with van der Waals surface area (Å²) in [4.78, 5) is 12.6. The first-order valence-electron chi connectivity index (χ1n) is 4.84. The van der Waals surface area contributed by atoms with Gasteiger partial charge < -0.3 is 10.0 Å². The zero-order chi connectivity index (χ0) is 11.5. The Balaban J connectivity index is 0.00000225. The highest BCUT2D eigenvalue weighted by Crippen LogP contribution is 2.16. The normalized spacial score (nSPS) is 19.1. The number of aliphatic carboxylic acids is 1. The van der Waals surface area contributed by atoms with Crippen LogP contribution in [0.3, 0.4) is 0 Å². The van der Waals surface area contributed by atoms with Crippen molar-refractivity contribution in [3.05, 3.63) is 0 Å². The van der Waals surface area contributed by atoms with Crippen LogP contribution < -0.4 is 5.14 Å². The van der Waals surface area contributed by atoms with Crippen LogP contribution in [0.1, 0.15) is 12.8 Å². The van der Waals surface area contributed by atoms with E-state index >= 15 is 0 Å². The van der Waals surface area contributed by atoms with Crippen molar-refractivity contribution in [1.29, 1.82) is 0 Å². The number of carboxylic acids is 1. The molecular formula is C8H17ClN2O4S. The van der Waals surface area contributed by atoms with E-state index in [1.54, 1.807) is 0 Å². The SMILES string of the molecule is Cl.NS(=O)(=O)CCN1CCC(C(=O)O)CC1. The first kappa shape index (κ1) is 15.6. The van der Waals surface area contributed by atoms with Gasteiger partial charge in [0.05, 0.1) is 11.7 Å². The Bertz CT molecular complexity index is 325. The summed E-state index contributed by atoms with van der Waals surface area (Å²) in [5.74, 6) is -1.11. The average Bonchev–Trinajstić information content (AvgIpc) is 2.14. The number of nitrogens with zero attached hydrogens (tertiary/aromatic N) is 1. The highest BCUT2D eigenvalue weighted by molar-refractivity contribution is 7.89. The first-order chi connectivity index (χ1) is 6.88. The minimum Gasteiger partial charge on any atom is -0.481 e. The quantitative estimate of drug-likeness (QED) is 0.718. The second kappa shape index (κ2) is 6.39. The fourth-order valence-corrected chi connectivity index (χ4v) is 2.17. The van der Waals surface area contributed by atoms with Crippen molar-refractivity contribution in [2.45, 2.75) is 12.8 Å². The number of carbonyl (C=O) groups is 1. The summed E-state index contributed by atoms with van der Waals surface area (Å²) in [5.41, 5.74) is 0. The summed E-state index contributed by atoms with van der Waals surface area (Å²) in [7, 11) is -3.41. The van der Waals surface area contributed by atoms with Crippen LogP contribution >= 0.6 is 12.4 Å². The Labute approximate surface area is 101 Å². The van der Waals surface area contributed by atoms with E-state index in [0.29, 0.717) is 32.5 Å². The molecule has 0 unspecified atom stereocenters. The zero-order valence-corrected chi connectivity index (χ0v) is 10.5. The number of halogens is 1. The van der Waals surface area contributed by atoms with Crippen LogP contribution in [0.25, 0.3) is 0 Å². The number of sulfonamides is 1. The molecule has 0 bridgehead atoms. The fourth-order valence-electron chi connectivity index (χ4n) is 1.66. The second-order valence-electron chi connectivity index (χ2n) is 3.82. The van der Waals surface area contributed by atoms with Crippen LogP contribution in [0.2, 0.25) is 0 Å².